The molecule has 266 valence electrons. The Morgan fingerprint density at radius 2 is 1.15 bits per heavy atom. The Morgan fingerprint density at radius 1 is 0.685 bits per heavy atom. The van der Waals surface area contributed by atoms with Crippen molar-refractivity contribution < 1.29 is 18.7 Å². The Kier molecular flexibility index (Phi) is 25.7. The molecule has 0 bridgehead atoms. The quantitative estimate of drug-likeness (QED) is 0.138. The summed E-state index contributed by atoms with van der Waals surface area (Å²) in [5.74, 6) is 59.0. The zero-order chi connectivity index (χ0) is 39.5. The Labute approximate surface area is 323 Å². The molecule has 1 N–H and O–H groups in total. The van der Waals surface area contributed by atoms with Crippen molar-refractivity contribution in [2.45, 2.75) is 77.0 Å². The average Bonchev–Trinajstić information content (AvgIpc) is 3.17. The van der Waals surface area contributed by atoms with Crippen LogP contribution in [0.25, 0.3) is 0 Å². The summed E-state index contributed by atoms with van der Waals surface area (Å²) in [6.07, 6.45) is 9.32. The third-order valence-corrected chi connectivity index (χ3v) is 7.30. The lowest BCUT2D eigenvalue weighted by atomic mass is 9.75. The van der Waals surface area contributed by atoms with Gasteiger partial charge in [0.05, 0.1) is 18.8 Å². The SMILES string of the molecule is C=CCC1O[C@H](OC[C@H](NC(=O)C#CC#CC#CC#CC#CC#CC#CC#CC#CC#CC#CC#CC)[C@H](F)CCCCCC)C(C=C)[C@@H](C=C)[C@H]1C=C. The summed E-state index contributed by atoms with van der Waals surface area (Å²) >= 11 is 0. The molecule has 54 heavy (non-hydrogen) atoms. The van der Waals surface area contributed by atoms with Crippen LogP contribution in [0.3, 0.4) is 0 Å². The van der Waals surface area contributed by atoms with E-state index in [2.05, 4.69) is 181 Å². The third-order valence-electron chi connectivity index (χ3n) is 7.30. The van der Waals surface area contributed by atoms with Crippen molar-refractivity contribution in [2.75, 3.05) is 6.61 Å². The number of halogens is 1. The van der Waals surface area contributed by atoms with E-state index in [1.165, 1.54) is 0 Å². The highest BCUT2D eigenvalue weighted by atomic mass is 19.1. The fraction of sp³-hybridized carbons (Fsp3) is 0.327. The molecule has 0 aliphatic carbocycles. The van der Waals surface area contributed by atoms with Gasteiger partial charge in [-0.15, -0.1) is 26.3 Å². The van der Waals surface area contributed by atoms with Crippen LogP contribution in [-0.4, -0.2) is 37.1 Å². The molecular weight excluding hydrogens is 670 g/mol. The first-order valence-electron chi connectivity index (χ1n) is 17.1. The van der Waals surface area contributed by atoms with E-state index in [0.29, 0.717) is 12.8 Å². The van der Waals surface area contributed by atoms with Crippen LogP contribution in [0.4, 0.5) is 4.39 Å². The van der Waals surface area contributed by atoms with Crippen molar-refractivity contribution in [3.8, 4) is 142 Å². The van der Waals surface area contributed by atoms with Gasteiger partial charge in [-0.05, 0) is 120 Å². The van der Waals surface area contributed by atoms with Crippen molar-refractivity contribution in [3.05, 3.63) is 50.6 Å². The summed E-state index contributed by atoms with van der Waals surface area (Å²) in [6.45, 7) is 19.4. The zero-order valence-corrected chi connectivity index (χ0v) is 30.7. The van der Waals surface area contributed by atoms with Crippen molar-refractivity contribution >= 4 is 5.91 Å². The van der Waals surface area contributed by atoms with E-state index in [4.69, 9.17) is 9.47 Å². The second kappa shape index (κ2) is 30.8. The van der Waals surface area contributed by atoms with Crippen LogP contribution in [0.2, 0.25) is 0 Å². The Balaban J connectivity index is 2.83. The number of carbonyl (C=O) groups excluding carboxylic acids is 1. The first-order chi connectivity index (χ1) is 26.5. The van der Waals surface area contributed by atoms with Crippen LogP contribution < -0.4 is 5.32 Å². The number of nitrogens with one attached hydrogen (secondary N) is 1. The van der Waals surface area contributed by atoms with Crippen molar-refractivity contribution in [3.63, 3.8) is 0 Å². The van der Waals surface area contributed by atoms with Crippen LogP contribution in [0.15, 0.2) is 50.6 Å². The lowest BCUT2D eigenvalue weighted by molar-refractivity contribution is -0.236. The maximum absolute atomic E-state index is 15.5. The molecule has 1 rings (SSSR count). The lowest BCUT2D eigenvalue weighted by Gasteiger charge is -2.44. The van der Waals surface area contributed by atoms with Gasteiger partial charge in [0.1, 0.15) is 6.17 Å². The summed E-state index contributed by atoms with van der Waals surface area (Å²) in [5.41, 5.74) is 0. The Morgan fingerprint density at radius 3 is 1.57 bits per heavy atom. The van der Waals surface area contributed by atoms with Crippen LogP contribution in [0.1, 0.15) is 52.4 Å². The number of amides is 1. The van der Waals surface area contributed by atoms with Gasteiger partial charge in [-0.2, -0.15) is 0 Å². The van der Waals surface area contributed by atoms with Gasteiger partial charge < -0.3 is 14.8 Å². The second-order valence-corrected chi connectivity index (χ2v) is 10.9. The van der Waals surface area contributed by atoms with E-state index in [9.17, 15) is 4.79 Å². The number of hydrogen-bond donors (Lipinski definition) is 1. The van der Waals surface area contributed by atoms with Crippen molar-refractivity contribution in [2.24, 2.45) is 17.8 Å². The summed E-state index contributed by atoms with van der Waals surface area (Å²) in [5, 5.41) is 2.65. The van der Waals surface area contributed by atoms with Crippen LogP contribution >= 0.6 is 0 Å². The molecule has 1 amide bonds. The van der Waals surface area contributed by atoms with Crippen LogP contribution in [0, 0.1) is 160 Å². The molecule has 5 heteroatoms. The van der Waals surface area contributed by atoms with Crippen molar-refractivity contribution in [1.29, 1.82) is 0 Å². The van der Waals surface area contributed by atoms with E-state index >= 15 is 4.39 Å². The molecule has 0 radical (unpaired) electrons. The molecular formula is C49H40FNO3. The monoisotopic (exact) mass is 709 g/mol. The normalized spacial score (nSPS) is 17.4. The van der Waals surface area contributed by atoms with Crippen LogP contribution in [0.5, 0.6) is 0 Å². The molecule has 1 saturated heterocycles. The van der Waals surface area contributed by atoms with E-state index < -0.39 is 24.4 Å². The van der Waals surface area contributed by atoms with Gasteiger partial charge in [0.15, 0.2) is 6.29 Å². The number of carbonyl (C=O) groups is 1. The van der Waals surface area contributed by atoms with E-state index in [1.807, 2.05) is 12.2 Å². The molecule has 7 atom stereocenters. The number of unbranched alkanes of at least 4 members (excludes halogenated alkanes) is 3. The van der Waals surface area contributed by atoms with Crippen LogP contribution in [-0.2, 0) is 14.3 Å². The van der Waals surface area contributed by atoms with Gasteiger partial charge in [-0.3, -0.25) is 4.79 Å². The minimum atomic E-state index is -1.36. The highest BCUT2D eigenvalue weighted by Crippen LogP contribution is 2.39. The standard InChI is InChI=1S/C49H40FNO3/c1-7-13-15-17-18-19-20-21-22-23-24-25-26-27-28-29-30-31-32-33-34-35-37-40-48(52)51-46(45(50)39-36-16-14-8-2)41-53-49-44(12-6)42(10-4)43(11-5)47(54-49)38-9-3/h9-12,42-47,49H,3-6,8,14,16,36,38-39,41H2,1-2H3,(H,51,52)/t42-,43+,44?,45+,46-,47?,49-/m0/s1. The zero-order valence-electron chi connectivity index (χ0n) is 30.7. The molecule has 0 aromatic rings. The maximum atomic E-state index is 15.5. The minimum Gasteiger partial charge on any atom is -0.350 e. The molecule has 1 aliphatic heterocycles. The number of rotatable bonds is 15. The first-order valence-corrected chi connectivity index (χ1v) is 17.1. The molecule has 4 nitrogen and oxygen atoms in total. The van der Waals surface area contributed by atoms with E-state index in [-0.39, 0.29) is 36.9 Å². The molecule has 0 saturated carbocycles. The second-order valence-electron chi connectivity index (χ2n) is 10.9. The first kappa shape index (κ1) is 45.0. The summed E-state index contributed by atoms with van der Waals surface area (Å²) in [6, 6.07) is -0.961. The summed E-state index contributed by atoms with van der Waals surface area (Å²) < 4.78 is 27.9. The molecule has 0 aromatic carbocycles. The molecule has 1 aliphatic rings. The number of allylic oxidation sites excluding steroid dienone is 1. The molecule has 0 spiro atoms. The number of alkyl halides is 1. The fourth-order valence-electron chi connectivity index (χ4n) is 4.84. The smallest absolute Gasteiger partial charge is 0.297 e. The third kappa shape index (κ3) is 20.0. The minimum absolute atomic E-state index is 0.0244. The predicted octanol–water partition coefficient (Wildman–Crippen LogP) is 5.56. The molecule has 1 fully saturated rings. The highest BCUT2D eigenvalue weighted by molar-refractivity contribution is 5.94. The van der Waals surface area contributed by atoms with Gasteiger partial charge in [-0.25, -0.2) is 4.39 Å². The Bertz CT molecular complexity index is 2140. The number of ether oxygens (including phenoxy) is 2. The van der Waals surface area contributed by atoms with Gasteiger partial charge >= 0.3 is 0 Å². The average molecular weight is 710 g/mol. The molecule has 2 unspecified atom stereocenters. The fourth-order valence-corrected chi connectivity index (χ4v) is 4.84. The largest absolute Gasteiger partial charge is 0.350 e. The maximum Gasteiger partial charge on any atom is 0.297 e. The van der Waals surface area contributed by atoms with Gasteiger partial charge in [0.2, 0.25) is 0 Å². The topological polar surface area (TPSA) is 47.6 Å². The molecule has 0 aromatic heterocycles. The van der Waals surface area contributed by atoms with Gasteiger partial charge in [0, 0.05) is 53.3 Å². The van der Waals surface area contributed by atoms with Crippen molar-refractivity contribution in [1.82, 2.24) is 5.32 Å². The van der Waals surface area contributed by atoms with Gasteiger partial charge in [0.25, 0.3) is 5.91 Å². The number of hydrogen-bond acceptors (Lipinski definition) is 3. The van der Waals surface area contributed by atoms with E-state index in [1.54, 1.807) is 19.1 Å². The summed E-state index contributed by atoms with van der Waals surface area (Å²) in [7, 11) is 0. The summed E-state index contributed by atoms with van der Waals surface area (Å²) in [4.78, 5) is 12.7. The van der Waals surface area contributed by atoms with Gasteiger partial charge in [-0.1, -0.05) is 62.8 Å². The van der Waals surface area contributed by atoms with E-state index in [0.717, 1.165) is 19.3 Å². The lowest BCUT2D eigenvalue weighted by Crippen LogP contribution is -2.50. The highest BCUT2D eigenvalue weighted by Gasteiger charge is 2.42. The molecule has 1 heterocycles. The Hall–Kier alpha value is -7.00. The predicted molar refractivity (Wildman–Crippen MR) is 215 cm³/mol.